The van der Waals surface area contributed by atoms with Crippen LogP contribution in [0.3, 0.4) is 0 Å². The minimum atomic E-state index is -0.534. The summed E-state index contributed by atoms with van der Waals surface area (Å²) in [5, 5.41) is 16.6. The molecule has 0 spiro atoms. The second-order valence-corrected chi connectivity index (χ2v) is 5.81. The Labute approximate surface area is 130 Å². The molecule has 0 aliphatic carbocycles. The molecule has 0 saturated heterocycles. The molecule has 0 saturated carbocycles. The topological polar surface area (TPSA) is 93.5 Å². The molecule has 2 N–H and O–H groups in total. The molecule has 1 aromatic rings. The van der Waals surface area contributed by atoms with Crippen molar-refractivity contribution in [3.63, 3.8) is 0 Å². The second-order valence-electron chi connectivity index (χ2n) is 5.81. The van der Waals surface area contributed by atoms with Crippen LogP contribution in [0.4, 0.5) is 16.2 Å². The third-order valence-corrected chi connectivity index (χ3v) is 2.79. The van der Waals surface area contributed by atoms with Crippen LogP contribution in [-0.2, 0) is 11.2 Å². The zero-order valence-electron chi connectivity index (χ0n) is 13.4. The molecule has 22 heavy (non-hydrogen) atoms. The molecule has 1 rings (SSSR count). The fourth-order valence-electron chi connectivity index (χ4n) is 1.83. The summed E-state index contributed by atoms with van der Waals surface area (Å²) in [6, 6.07) is 5.04. The predicted molar refractivity (Wildman–Crippen MR) is 85.2 cm³/mol. The number of rotatable bonds is 6. The number of benzene rings is 1. The number of nitro groups is 1. The quantitative estimate of drug-likeness (QED) is 0.478. The van der Waals surface area contributed by atoms with E-state index in [0.29, 0.717) is 30.8 Å². The number of nitrogens with zero attached hydrogens (tertiary/aromatic N) is 1. The molecule has 0 fully saturated rings. The molecule has 0 atom stereocenters. The Morgan fingerprint density at radius 1 is 1.32 bits per heavy atom. The van der Waals surface area contributed by atoms with Crippen LogP contribution in [0, 0.1) is 10.1 Å². The summed E-state index contributed by atoms with van der Waals surface area (Å²) in [5.74, 6) is 0. The van der Waals surface area contributed by atoms with Crippen molar-refractivity contribution in [1.29, 1.82) is 0 Å². The van der Waals surface area contributed by atoms with Gasteiger partial charge in [0.25, 0.3) is 5.69 Å². The van der Waals surface area contributed by atoms with Gasteiger partial charge in [0, 0.05) is 30.4 Å². The molecular weight excluding hydrogens is 286 g/mol. The van der Waals surface area contributed by atoms with Crippen LogP contribution in [0.5, 0.6) is 0 Å². The fourth-order valence-corrected chi connectivity index (χ4v) is 1.83. The Hall–Kier alpha value is -2.31. The van der Waals surface area contributed by atoms with E-state index in [1.165, 1.54) is 6.07 Å². The van der Waals surface area contributed by atoms with Crippen LogP contribution in [0.25, 0.3) is 0 Å². The van der Waals surface area contributed by atoms with Crippen molar-refractivity contribution in [1.82, 2.24) is 5.32 Å². The van der Waals surface area contributed by atoms with Crippen molar-refractivity contribution in [3.8, 4) is 0 Å². The van der Waals surface area contributed by atoms with Gasteiger partial charge in [0.15, 0.2) is 0 Å². The van der Waals surface area contributed by atoms with Gasteiger partial charge >= 0.3 is 6.09 Å². The summed E-state index contributed by atoms with van der Waals surface area (Å²) in [6.07, 6.45) is 0.123. The molecule has 0 aliphatic heterocycles. The van der Waals surface area contributed by atoms with E-state index in [4.69, 9.17) is 4.74 Å². The first-order valence-electron chi connectivity index (χ1n) is 7.21. The molecule has 7 nitrogen and oxygen atoms in total. The number of hydrogen-bond acceptors (Lipinski definition) is 5. The van der Waals surface area contributed by atoms with Crippen molar-refractivity contribution in [3.05, 3.63) is 33.9 Å². The van der Waals surface area contributed by atoms with Crippen LogP contribution in [-0.4, -0.2) is 29.7 Å². The number of carbonyl (C=O) groups is 1. The summed E-state index contributed by atoms with van der Waals surface area (Å²) in [6.45, 7) is 8.05. The van der Waals surface area contributed by atoms with Crippen LogP contribution in [0.2, 0.25) is 0 Å². The van der Waals surface area contributed by atoms with Gasteiger partial charge in [-0.3, -0.25) is 10.1 Å². The maximum Gasteiger partial charge on any atom is 0.407 e. The lowest BCUT2D eigenvalue weighted by atomic mass is 10.1. The van der Waals surface area contributed by atoms with E-state index in [2.05, 4.69) is 10.6 Å². The minimum Gasteiger partial charge on any atom is -0.444 e. The third kappa shape index (κ3) is 5.99. The lowest BCUT2D eigenvalue weighted by Crippen LogP contribution is -2.34. The highest BCUT2D eigenvalue weighted by Gasteiger charge is 2.15. The van der Waals surface area contributed by atoms with Crippen molar-refractivity contribution >= 4 is 17.5 Å². The molecular formula is C15H23N3O4. The molecule has 1 amide bonds. The average Bonchev–Trinajstić information content (AvgIpc) is 2.41. The van der Waals surface area contributed by atoms with Gasteiger partial charge in [-0.1, -0.05) is 13.0 Å². The molecule has 0 unspecified atom stereocenters. The summed E-state index contributed by atoms with van der Waals surface area (Å²) < 4.78 is 5.10. The van der Waals surface area contributed by atoms with Gasteiger partial charge in [-0.25, -0.2) is 4.79 Å². The highest BCUT2D eigenvalue weighted by molar-refractivity contribution is 5.67. The summed E-state index contributed by atoms with van der Waals surface area (Å²) >= 11 is 0. The van der Waals surface area contributed by atoms with Gasteiger partial charge in [-0.2, -0.15) is 0 Å². The van der Waals surface area contributed by atoms with Crippen molar-refractivity contribution in [2.45, 2.75) is 39.7 Å². The monoisotopic (exact) mass is 309 g/mol. The predicted octanol–water partition coefficient (Wildman–Crippen LogP) is 3.09. The molecule has 122 valence electrons. The maximum atomic E-state index is 11.4. The highest BCUT2D eigenvalue weighted by atomic mass is 16.6. The zero-order valence-corrected chi connectivity index (χ0v) is 13.4. The number of nitrogens with one attached hydrogen (secondary N) is 2. The maximum absolute atomic E-state index is 11.4. The Morgan fingerprint density at radius 2 is 2.00 bits per heavy atom. The molecule has 0 aromatic heterocycles. The number of ether oxygens (including phenoxy) is 1. The standard InChI is InChI=1S/C15H23N3O4/c1-5-11-6-7-12(10-13(11)18(20)21)16-8-9-17-14(19)22-15(2,3)4/h6-7,10,16H,5,8-9H2,1-4H3,(H,17,19). The van der Waals surface area contributed by atoms with Gasteiger partial charge in [0.2, 0.25) is 0 Å². The molecule has 0 heterocycles. The smallest absolute Gasteiger partial charge is 0.407 e. The Balaban J connectivity index is 2.47. The number of hydrogen-bond donors (Lipinski definition) is 2. The van der Waals surface area contributed by atoms with Gasteiger partial charge in [-0.05, 0) is 33.3 Å². The summed E-state index contributed by atoms with van der Waals surface area (Å²) in [7, 11) is 0. The van der Waals surface area contributed by atoms with Crippen molar-refractivity contribution in [2.24, 2.45) is 0 Å². The molecule has 0 bridgehead atoms. The first-order chi connectivity index (χ1) is 10.2. The van der Waals surface area contributed by atoms with E-state index >= 15 is 0 Å². The van der Waals surface area contributed by atoms with Crippen molar-refractivity contribution < 1.29 is 14.5 Å². The molecule has 7 heteroatoms. The van der Waals surface area contributed by atoms with E-state index < -0.39 is 11.7 Å². The average molecular weight is 309 g/mol. The highest BCUT2D eigenvalue weighted by Crippen LogP contribution is 2.23. The summed E-state index contributed by atoms with van der Waals surface area (Å²) in [5.41, 5.74) is 0.915. The number of alkyl carbamates (subject to hydrolysis) is 1. The fraction of sp³-hybridized carbons (Fsp3) is 0.533. The van der Waals surface area contributed by atoms with Gasteiger partial charge in [-0.15, -0.1) is 0 Å². The molecule has 1 aromatic carbocycles. The van der Waals surface area contributed by atoms with Crippen LogP contribution in [0.1, 0.15) is 33.3 Å². The van der Waals surface area contributed by atoms with Gasteiger partial charge < -0.3 is 15.4 Å². The van der Waals surface area contributed by atoms with E-state index in [1.807, 2.05) is 6.92 Å². The number of carbonyl (C=O) groups excluding carboxylic acids is 1. The zero-order chi connectivity index (χ0) is 16.8. The first kappa shape index (κ1) is 17.7. The second kappa shape index (κ2) is 7.63. The normalized spacial score (nSPS) is 10.9. The third-order valence-electron chi connectivity index (χ3n) is 2.79. The lowest BCUT2D eigenvalue weighted by molar-refractivity contribution is -0.385. The van der Waals surface area contributed by atoms with E-state index in [1.54, 1.807) is 32.9 Å². The van der Waals surface area contributed by atoms with Crippen LogP contribution >= 0.6 is 0 Å². The van der Waals surface area contributed by atoms with E-state index in [0.717, 1.165) is 0 Å². The largest absolute Gasteiger partial charge is 0.444 e. The Kier molecular flexibility index (Phi) is 6.15. The first-order valence-corrected chi connectivity index (χ1v) is 7.21. The van der Waals surface area contributed by atoms with Crippen LogP contribution in [0.15, 0.2) is 18.2 Å². The van der Waals surface area contributed by atoms with Gasteiger partial charge in [0.1, 0.15) is 5.60 Å². The summed E-state index contributed by atoms with van der Waals surface area (Å²) in [4.78, 5) is 22.0. The van der Waals surface area contributed by atoms with E-state index in [9.17, 15) is 14.9 Å². The van der Waals surface area contributed by atoms with Gasteiger partial charge in [0.05, 0.1) is 4.92 Å². The molecule has 0 radical (unpaired) electrons. The minimum absolute atomic E-state index is 0.104. The molecule has 0 aliphatic rings. The number of anilines is 1. The Morgan fingerprint density at radius 3 is 2.55 bits per heavy atom. The van der Waals surface area contributed by atoms with Crippen LogP contribution < -0.4 is 10.6 Å². The van der Waals surface area contributed by atoms with Crippen molar-refractivity contribution in [2.75, 3.05) is 18.4 Å². The SMILES string of the molecule is CCc1ccc(NCCNC(=O)OC(C)(C)C)cc1[N+](=O)[O-]. The number of nitro benzene ring substituents is 1. The number of amides is 1. The lowest BCUT2D eigenvalue weighted by Gasteiger charge is -2.19. The van der Waals surface area contributed by atoms with E-state index in [-0.39, 0.29) is 10.6 Å². The Bertz CT molecular complexity index is 538. The number of aryl methyl sites for hydroxylation is 1.